The second-order valence-corrected chi connectivity index (χ2v) is 6.97. The maximum Gasteiger partial charge on any atom is 0.251 e. The van der Waals surface area contributed by atoms with Crippen LogP contribution in [0.15, 0.2) is 42.5 Å². The highest BCUT2D eigenvalue weighted by atomic mass is 16.5. The fourth-order valence-corrected chi connectivity index (χ4v) is 2.65. The average molecular weight is 371 g/mol. The van der Waals surface area contributed by atoms with Crippen LogP contribution in [0.2, 0.25) is 0 Å². The largest absolute Gasteiger partial charge is 0.493 e. The van der Waals surface area contributed by atoms with E-state index in [1.165, 1.54) is 0 Å². The zero-order chi connectivity index (χ0) is 20.0. The molecule has 1 N–H and O–H groups in total. The zero-order valence-electron chi connectivity index (χ0n) is 16.9. The van der Waals surface area contributed by atoms with Crippen LogP contribution in [0.5, 0.6) is 17.2 Å². The van der Waals surface area contributed by atoms with Crippen LogP contribution in [0, 0.1) is 0 Å². The summed E-state index contributed by atoms with van der Waals surface area (Å²) in [5.74, 6) is 1.78. The smallest absolute Gasteiger partial charge is 0.251 e. The molecule has 1 amide bonds. The molecular formula is C22H29NO4. The quantitative estimate of drug-likeness (QED) is 0.727. The first-order valence-corrected chi connectivity index (χ1v) is 9.22. The molecule has 1 unspecified atom stereocenters. The molecule has 0 spiro atoms. The number of benzene rings is 2. The van der Waals surface area contributed by atoms with Gasteiger partial charge in [0.25, 0.3) is 5.91 Å². The summed E-state index contributed by atoms with van der Waals surface area (Å²) in [5.41, 5.74) is 1.50. The van der Waals surface area contributed by atoms with Crippen molar-refractivity contribution in [3.8, 4) is 17.2 Å². The number of amides is 1. The molecule has 0 heterocycles. The molecule has 146 valence electrons. The Labute approximate surface area is 161 Å². The van der Waals surface area contributed by atoms with Gasteiger partial charge < -0.3 is 19.5 Å². The van der Waals surface area contributed by atoms with Crippen molar-refractivity contribution in [3.05, 3.63) is 53.6 Å². The van der Waals surface area contributed by atoms with Crippen molar-refractivity contribution < 1.29 is 19.0 Å². The topological polar surface area (TPSA) is 56.8 Å². The number of hydrogen-bond donors (Lipinski definition) is 1. The number of ether oxygens (including phenoxy) is 3. The SMILES string of the molecule is COc1cc(C(=O)NC(C)c2cccc(OC(C)C)c2)ccc1OC(C)C. The molecule has 1 atom stereocenters. The molecule has 0 aromatic heterocycles. The van der Waals surface area contributed by atoms with Crippen molar-refractivity contribution >= 4 is 5.91 Å². The maximum absolute atomic E-state index is 12.7. The van der Waals surface area contributed by atoms with Crippen molar-refractivity contribution in [1.82, 2.24) is 5.32 Å². The van der Waals surface area contributed by atoms with Crippen LogP contribution in [0.4, 0.5) is 0 Å². The van der Waals surface area contributed by atoms with Crippen molar-refractivity contribution in [2.24, 2.45) is 0 Å². The van der Waals surface area contributed by atoms with Gasteiger partial charge in [0.2, 0.25) is 0 Å². The minimum absolute atomic E-state index is 0.0268. The monoisotopic (exact) mass is 371 g/mol. The summed E-state index contributed by atoms with van der Waals surface area (Å²) < 4.78 is 16.8. The predicted octanol–water partition coefficient (Wildman–Crippen LogP) is 4.76. The van der Waals surface area contributed by atoms with Gasteiger partial charge in [0, 0.05) is 5.56 Å². The molecule has 0 aliphatic heterocycles. The Kier molecular flexibility index (Phi) is 7.11. The van der Waals surface area contributed by atoms with E-state index in [9.17, 15) is 4.79 Å². The summed E-state index contributed by atoms with van der Waals surface area (Å²) >= 11 is 0. The van der Waals surface area contributed by atoms with E-state index < -0.39 is 0 Å². The summed E-state index contributed by atoms with van der Waals surface area (Å²) in [6, 6.07) is 12.8. The second-order valence-electron chi connectivity index (χ2n) is 6.97. The molecule has 0 aliphatic rings. The van der Waals surface area contributed by atoms with E-state index in [1.807, 2.05) is 58.9 Å². The Balaban J connectivity index is 2.12. The van der Waals surface area contributed by atoms with Gasteiger partial charge in [0.05, 0.1) is 25.4 Å². The highest BCUT2D eigenvalue weighted by Gasteiger charge is 2.15. The van der Waals surface area contributed by atoms with Gasteiger partial charge in [-0.05, 0) is 70.5 Å². The Morgan fingerprint density at radius 3 is 2.22 bits per heavy atom. The molecule has 0 bridgehead atoms. The van der Waals surface area contributed by atoms with Crippen molar-refractivity contribution in [2.45, 2.75) is 52.9 Å². The van der Waals surface area contributed by atoms with Crippen LogP contribution in [0.1, 0.15) is 56.6 Å². The third-order valence-corrected chi connectivity index (χ3v) is 3.87. The van der Waals surface area contributed by atoms with Gasteiger partial charge in [-0.2, -0.15) is 0 Å². The third kappa shape index (κ3) is 5.91. The van der Waals surface area contributed by atoms with Crippen LogP contribution in [0.25, 0.3) is 0 Å². The minimum atomic E-state index is -0.174. The Morgan fingerprint density at radius 1 is 0.889 bits per heavy atom. The van der Waals surface area contributed by atoms with Gasteiger partial charge >= 0.3 is 0 Å². The summed E-state index contributed by atoms with van der Waals surface area (Å²) in [4.78, 5) is 12.7. The van der Waals surface area contributed by atoms with E-state index in [-0.39, 0.29) is 24.2 Å². The second kappa shape index (κ2) is 9.31. The Hall–Kier alpha value is -2.69. The highest BCUT2D eigenvalue weighted by molar-refractivity contribution is 5.95. The fraction of sp³-hybridized carbons (Fsp3) is 0.409. The molecule has 2 aromatic rings. The van der Waals surface area contributed by atoms with Gasteiger partial charge in [-0.3, -0.25) is 4.79 Å². The highest BCUT2D eigenvalue weighted by Crippen LogP contribution is 2.29. The summed E-state index contributed by atoms with van der Waals surface area (Å²) in [5, 5.41) is 3.01. The summed E-state index contributed by atoms with van der Waals surface area (Å²) in [6.45, 7) is 9.80. The van der Waals surface area contributed by atoms with Crippen LogP contribution in [0.3, 0.4) is 0 Å². The molecule has 0 aliphatic carbocycles. The lowest BCUT2D eigenvalue weighted by atomic mass is 10.1. The van der Waals surface area contributed by atoms with E-state index in [0.717, 1.165) is 11.3 Å². The first-order chi connectivity index (χ1) is 12.8. The molecule has 2 rings (SSSR count). The van der Waals surface area contributed by atoms with Gasteiger partial charge in [-0.15, -0.1) is 0 Å². The lowest BCUT2D eigenvalue weighted by molar-refractivity contribution is 0.0939. The van der Waals surface area contributed by atoms with E-state index in [2.05, 4.69) is 5.32 Å². The lowest BCUT2D eigenvalue weighted by Gasteiger charge is -2.18. The first kappa shape index (κ1) is 20.6. The maximum atomic E-state index is 12.7. The molecule has 5 nitrogen and oxygen atoms in total. The van der Waals surface area contributed by atoms with Gasteiger partial charge in [0.15, 0.2) is 11.5 Å². The van der Waals surface area contributed by atoms with Gasteiger partial charge in [-0.25, -0.2) is 0 Å². The van der Waals surface area contributed by atoms with Gasteiger partial charge in [0.1, 0.15) is 5.75 Å². The Morgan fingerprint density at radius 2 is 1.59 bits per heavy atom. The Bertz CT molecular complexity index is 771. The van der Waals surface area contributed by atoms with E-state index in [4.69, 9.17) is 14.2 Å². The number of nitrogens with one attached hydrogen (secondary N) is 1. The van der Waals surface area contributed by atoms with E-state index in [1.54, 1.807) is 25.3 Å². The van der Waals surface area contributed by atoms with E-state index >= 15 is 0 Å². The van der Waals surface area contributed by atoms with Gasteiger partial charge in [-0.1, -0.05) is 12.1 Å². The molecule has 27 heavy (non-hydrogen) atoms. The lowest BCUT2D eigenvalue weighted by Crippen LogP contribution is -2.26. The molecule has 0 saturated heterocycles. The van der Waals surface area contributed by atoms with Crippen LogP contribution < -0.4 is 19.5 Å². The molecule has 2 aromatic carbocycles. The number of carbonyl (C=O) groups excluding carboxylic acids is 1. The predicted molar refractivity (Wildman–Crippen MR) is 107 cm³/mol. The molecule has 0 radical (unpaired) electrons. The number of carbonyl (C=O) groups is 1. The standard InChI is InChI=1S/C22H29NO4/c1-14(2)26-19-9-7-8-17(12-19)16(5)23-22(24)18-10-11-20(27-15(3)4)21(13-18)25-6/h7-16H,1-6H3,(H,23,24). The zero-order valence-corrected chi connectivity index (χ0v) is 16.9. The average Bonchev–Trinajstić information content (AvgIpc) is 2.61. The first-order valence-electron chi connectivity index (χ1n) is 9.22. The number of methoxy groups -OCH3 is 1. The molecular weight excluding hydrogens is 342 g/mol. The number of rotatable bonds is 8. The normalized spacial score (nSPS) is 12.0. The fourth-order valence-electron chi connectivity index (χ4n) is 2.65. The molecule has 0 fully saturated rings. The van der Waals surface area contributed by atoms with E-state index in [0.29, 0.717) is 17.1 Å². The third-order valence-electron chi connectivity index (χ3n) is 3.87. The minimum Gasteiger partial charge on any atom is -0.493 e. The summed E-state index contributed by atoms with van der Waals surface area (Å²) in [7, 11) is 1.56. The van der Waals surface area contributed by atoms with Crippen molar-refractivity contribution in [3.63, 3.8) is 0 Å². The van der Waals surface area contributed by atoms with Crippen molar-refractivity contribution in [2.75, 3.05) is 7.11 Å². The van der Waals surface area contributed by atoms with Crippen LogP contribution in [-0.2, 0) is 0 Å². The van der Waals surface area contributed by atoms with Crippen LogP contribution in [-0.4, -0.2) is 25.2 Å². The van der Waals surface area contributed by atoms with Crippen molar-refractivity contribution in [1.29, 1.82) is 0 Å². The molecule has 5 heteroatoms. The summed E-state index contributed by atoms with van der Waals surface area (Å²) in [6.07, 6.45) is 0.128. The number of hydrogen-bond acceptors (Lipinski definition) is 4. The van der Waals surface area contributed by atoms with Crippen LogP contribution >= 0.6 is 0 Å². The molecule has 0 saturated carbocycles.